The van der Waals surface area contributed by atoms with Gasteiger partial charge in [-0.15, -0.1) is 0 Å². The maximum Gasteiger partial charge on any atom is 3.00 e. The largest absolute Gasteiger partial charge is 3.00 e. The van der Waals surface area contributed by atoms with Gasteiger partial charge in [-0.3, -0.25) is 0 Å². The second-order valence-corrected chi connectivity index (χ2v) is 10.2. The van der Waals surface area contributed by atoms with Crippen LogP contribution in [-0.2, 0) is 44.7 Å². The molecule has 11 heteroatoms. The Bertz CT molecular complexity index is 393. The van der Waals surface area contributed by atoms with Crippen LogP contribution in [0.15, 0.2) is 30.3 Å². The number of unbranched alkanes of at least 4 members (excludes halogenated alkanes) is 6. The Balaban J connectivity index is -0.0000000823. The van der Waals surface area contributed by atoms with Crippen molar-refractivity contribution in [3.8, 4) is 0 Å². The summed E-state index contributed by atoms with van der Waals surface area (Å²) in [5, 5.41) is 0. The van der Waals surface area contributed by atoms with Crippen molar-refractivity contribution in [1.82, 2.24) is 0 Å². The van der Waals surface area contributed by atoms with E-state index in [9.17, 15) is 0 Å². The van der Waals surface area contributed by atoms with Gasteiger partial charge in [-0.1, -0.05) is 52.4 Å². The molecule has 0 aliphatic rings. The fourth-order valence-corrected chi connectivity index (χ4v) is 1.20. The van der Waals surface area contributed by atoms with Gasteiger partial charge in [0.05, 0.1) is 0 Å². The van der Waals surface area contributed by atoms with Crippen molar-refractivity contribution in [2.24, 2.45) is 0 Å². The average molecular weight is 572 g/mol. The average Bonchev–Trinajstić information content (AvgIpc) is 2.58. The summed E-state index contributed by atoms with van der Waals surface area (Å²) < 4.78 is 0. The van der Waals surface area contributed by atoms with E-state index in [1.54, 1.807) is 0 Å². The van der Waals surface area contributed by atoms with Crippen molar-refractivity contribution in [2.45, 2.75) is 65.2 Å². The third-order valence-corrected chi connectivity index (χ3v) is 2.31. The molecule has 0 aliphatic heterocycles. The van der Waals surface area contributed by atoms with Gasteiger partial charge in [0.1, 0.15) is 0 Å². The first kappa shape index (κ1) is 40.3. The number of benzene rings is 1. The van der Waals surface area contributed by atoms with Crippen molar-refractivity contribution in [1.29, 1.82) is 0 Å². The molecule has 1 rings (SSSR count). The molecule has 1 aromatic rings. The van der Waals surface area contributed by atoms with Crippen molar-refractivity contribution < 1.29 is 50.4 Å². The molecule has 0 fully saturated rings. The van der Waals surface area contributed by atoms with Gasteiger partial charge in [-0.2, -0.15) is 49.2 Å². The van der Waals surface area contributed by atoms with Gasteiger partial charge in [0.2, 0.25) is 0 Å². The zero-order chi connectivity index (χ0) is 22.9. The minimum atomic E-state index is -3.81. The zero-order valence-corrected chi connectivity index (χ0v) is 22.7. The molecule has 0 spiro atoms. The second-order valence-electron chi connectivity index (χ2n) is 5.23. The fourth-order valence-electron chi connectivity index (χ4n) is 1.20. The van der Waals surface area contributed by atoms with Crippen molar-refractivity contribution in [2.75, 3.05) is 0 Å². The molecular weight excluding hydrogens is 534 g/mol. The molecule has 0 atom stereocenters. The predicted molar refractivity (Wildman–Crippen MR) is 126 cm³/mol. The molecule has 0 aromatic heterocycles. The molecule has 29 heavy (non-hydrogen) atoms. The van der Waals surface area contributed by atoms with Gasteiger partial charge in [0.15, 0.2) is 0 Å². The third kappa shape index (κ3) is 125. The van der Waals surface area contributed by atoms with E-state index >= 15 is 0 Å². The van der Waals surface area contributed by atoms with Gasteiger partial charge in [-0.25, -0.2) is 0 Å². The molecule has 6 N–H and O–H groups in total. The predicted octanol–water partition coefficient (Wildman–Crippen LogP) is 4.66. The summed E-state index contributed by atoms with van der Waals surface area (Å²) in [6.45, 7) is 4.24. The van der Waals surface area contributed by atoms with Crippen LogP contribution in [0.1, 0.15) is 65.2 Å². The van der Waals surface area contributed by atoms with Crippen LogP contribution in [0.4, 0.5) is 0 Å². The van der Waals surface area contributed by atoms with Crippen molar-refractivity contribution >= 4 is 37.1 Å². The SMILES string of the molecule is OP(O)(O)=S.OP(O)(O)=S.[CH2-]CCCCC.[CH2-]CCCCC.[Mo+3].[c-]1ccccc1. The van der Waals surface area contributed by atoms with E-state index in [2.05, 4.69) is 57.4 Å². The van der Waals surface area contributed by atoms with Crippen molar-refractivity contribution in [3.05, 3.63) is 50.2 Å². The van der Waals surface area contributed by atoms with E-state index in [0.29, 0.717) is 0 Å². The van der Waals surface area contributed by atoms with Crippen LogP contribution in [0.2, 0.25) is 0 Å². The fraction of sp³-hybridized carbons (Fsp3) is 0.556. The smallest absolute Gasteiger partial charge is 0.343 e. The zero-order valence-electron chi connectivity index (χ0n) is 17.3. The third-order valence-electron chi connectivity index (χ3n) is 2.31. The first-order valence-electron chi connectivity index (χ1n) is 8.89. The van der Waals surface area contributed by atoms with E-state index in [0.717, 1.165) is 12.8 Å². The number of hydrogen-bond donors (Lipinski definition) is 6. The van der Waals surface area contributed by atoms with Crippen LogP contribution in [0.3, 0.4) is 0 Å². The minimum absolute atomic E-state index is 0. The topological polar surface area (TPSA) is 121 Å². The maximum absolute atomic E-state index is 7.56. The summed E-state index contributed by atoms with van der Waals surface area (Å²) in [6.07, 6.45) is 10.1. The Morgan fingerprint density at radius 1 is 0.690 bits per heavy atom. The minimum Gasteiger partial charge on any atom is -0.343 e. The van der Waals surface area contributed by atoms with Crippen LogP contribution >= 0.6 is 13.4 Å². The van der Waals surface area contributed by atoms with Gasteiger partial charge in [-0.05, 0) is 23.6 Å². The molecule has 6 nitrogen and oxygen atoms in total. The Kier molecular flexibility index (Phi) is 43.3. The van der Waals surface area contributed by atoms with E-state index in [-0.39, 0.29) is 21.1 Å². The maximum atomic E-state index is 7.56. The second kappa shape index (κ2) is 31.2. The molecule has 0 amide bonds. The standard InChI is InChI=1S/C6H5.2C6H13.Mo.2H3O3PS/c1-2-4-6-5-3-1;2*1-3-5-6-4-2;;2*1-4(2,3)5/h1-5H;2*1,3-6H2,2H3;;2*(H3,1,2,3,5)/q3*-1;+3;;. The molecule has 0 heterocycles. The summed E-state index contributed by atoms with van der Waals surface area (Å²) in [6, 6.07) is 12.5. The Morgan fingerprint density at radius 2 is 0.966 bits per heavy atom. The van der Waals surface area contributed by atoms with E-state index in [4.69, 9.17) is 29.4 Å². The Morgan fingerprint density at radius 3 is 1.03 bits per heavy atom. The van der Waals surface area contributed by atoms with Gasteiger partial charge < -0.3 is 43.2 Å². The quantitative estimate of drug-likeness (QED) is 0.126. The van der Waals surface area contributed by atoms with E-state index in [1.165, 1.54) is 38.5 Å². The van der Waals surface area contributed by atoms with Crippen LogP contribution in [0, 0.1) is 19.9 Å². The first-order chi connectivity index (χ1) is 12.8. The molecule has 173 valence electrons. The first-order valence-corrected chi connectivity index (χ1v) is 14.2. The monoisotopic (exact) mass is 573 g/mol. The molecule has 0 bridgehead atoms. The summed E-state index contributed by atoms with van der Waals surface area (Å²) in [7, 11) is 0. The molecule has 0 aliphatic carbocycles. The Labute approximate surface area is 202 Å². The number of hydrogen-bond acceptors (Lipinski definition) is 2. The molecule has 0 unspecified atom stereocenters. The molecule has 0 saturated heterocycles. The molecule has 1 aromatic carbocycles. The Hall–Kier alpha value is 0.968. The summed E-state index contributed by atoms with van der Waals surface area (Å²) in [5.74, 6) is 0. The van der Waals surface area contributed by atoms with Crippen LogP contribution in [-0.4, -0.2) is 29.4 Å². The van der Waals surface area contributed by atoms with E-state index in [1.807, 2.05) is 30.3 Å². The van der Waals surface area contributed by atoms with Crippen molar-refractivity contribution in [3.63, 3.8) is 0 Å². The van der Waals surface area contributed by atoms with Crippen LogP contribution in [0.5, 0.6) is 0 Å². The molecular formula is C18H37MoO6P2S2. The van der Waals surface area contributed by atoms with Crippen LogP contribution in [0.25, 0.3) is 0 Å². The van der Waals surface area contributed by atoms with Gasteiger partial charge in [0, 0.05) is 0 Å². The van der Waals surface area contributed by atoms with Crippen LogP contribution < -0.4 is 0 Å². The summed E-state index contributed by atoms with van der Waals surface area (Å²) in [5.41, 5.74) is 0. The molecule has 1 radical (unpaired) electrons. The van der Waals surface area contributed by atoms with Gasteiger partial charge in [0.25, 0.3) is 0 Å². The van der Waals surface area contributed by atoms with E-state index < -0.39 is 13.4 Å². The summed E-state index contributed by atoms with van der Waals surface area (Å²) in [4.78, 5) is 45.3. The molecule has 0 saturated carbocycles. The van der Waals surface area contributed by atoms with Gasteiger partial charge >= 0.3 is 34.5 Å². The normalized spacial score (nSPS) is 9.45. The summed E-state index contributed by atoms with van der Waals surface area (Å²) >= 11 is 7.21. The number of rotatable bonds is 6.